The lowest BCUT2D eigenvalue weighted by atomic mass is 10.1. The highest BCUT2D eigenvalue weighted by atomic mass is 79.9. The summed E-state index contributed by atoms with van der Waals surface area (Å²) < 4.78 is 20.3. The Labute approximate surface area is 134 Å². The quantitative estimate of drug-likeness (QED) is 0.751. The fraction of sp³-hybridized carbons (Fsp3) is 0.200. The number of rotatable bonds is 4. The minimum Gasteiger partial charge on any atom is -0.495 e. The second-order valence-electron chi connectivity index (χ2n) is 4.40. The number of nitrogens with one attached hydrogen (secondary N) is 1. The molecule has 2 aromatic carbocycles. The van der Waals surface area contributed by atoms with Crippen LogP contribution in [0.3, 0.4) is 0 Å². The van der Waals surface area contributed by atoms with Gasteiger partial charge in [-0.1, -0.05) is 22.0 Å². The molecule has 0 aromatic heterocycles. The molecule has 2 rings (SSSR count). The SMILES string of the molecule is COc1cc(Br)cc(C)c1NCc1ccc(Br)c(F)c1. The van der Waals surface area contributed by atoms with Crippen LogP contribution in [-0.2, 0) is 6.54 Å². The van der Waals surface area contributed by atoms with E-state index in [0.717, 1.165) is 27.0 Å². The van der Waals surface area contributed by atoms with Crippen LogP contribution in [0.2, 0.25) is 0 Å². The highest BCUT2D eigenvalue weighted by Crippen LogP contribution is 2.32. The molecule has 0 aliphatic carbocycles. The molecule has 0 unspecified atom stereocenters. The third kappa shape index (κ3) is 3.52. The number of halogens is 3. The molecule has 20 heavy (non-hydrogen) atoms. The third-order valence-electron chi connectivity index (χ3n) is 2.94. The lowest BCUT2D eigenvalue weighted by Gasteiger charge is -2.15. The van der Waals surface area contributed by atoms with Gasteiger partial charge in [-0.25, -0.2) is 4.39 Å². The van der Waals surface area contributed by atoms with Crippen molar-refractivity contribution < 1.29 is 9.13 Å². The number of hydrogen-bond acceptors (Lipinski definition) is 2. The summed E-state index contributed by atoms with van der Waals surface area (Å²) in [6, 6.07) is 9.00. The number of aryl methyl sites for hydroxylation is 1. The van der Waals surface area contributed by atoms with E-state index in [1.807, 2.05) is 25.1 Å². The van der Waals surface area contributed by atoms with E-state index in [0.29, 0.717) is 11.0 Å². The molecule has 0 spiro atoms. The second kappa shape index (κ2) is 6.59. The summed E-state index contributed by atoms with van der Waals surface area (Å²) in [6.07, 6.45) is 0. The van der Waals surface area contributed by atoms with Crippen molar-refractivity contribution in [2.24, 2.45) is 0 Å². The van der Waals surface area contributed by atoms with Crippen LogP contribution in [0.5, 0.6) is 5.75 Å². The Hall–Kier alpha value is -1.07. The Bertz CT molecular complexity index is 632. The molecule has 106 valence electrons. The zero-order chi connectivity index (χ0) is 14.7. The molecule has 0 radical (unpaired) electrons. The molecule has 0 fully saturated rings. The van der Waals surface area contributed by atoms with Gasteiger partial charge in [-0.05, 0) is 58.2 Å². The number of ether oxygens (including phenoxy) is 1. The van der Waals surface area contributed by atoms with E-state index in [-0.39, 0.29) is 5.82 Å². The van der Waals surface area contributed by atoms with Crippen molar-refractivity contribution >= 4 is 37.5 Å². The van der Waals surface area contributed by atoms with Gasteiger partial charge >= 0.3 is 0 Å². The number of anilines is 1. The van der Waals surface area contributed by atoms with Crippen molar-refractivity contribution in [3.05, 3.63) is 56.2 Å². The van der Waals surface area contributed by atoms with E-state index in [4.69, 9.17) is 4.74 Å². The predicted molar refractivity (Wildman–Crippen MR) is 86.9 cm³/mol. The first kappa shape index (κ1) is 15.3. The first-order valence-corrected chi connectivity index (χ1v) is 7.62. The molecule has 2 nitrogen and oxygen atoms in total. The summed E-state index contributed by atoms with van der Waals surface area (Å²) >= 11 is 6.59. The van der Waals surface area contributed by atoms with E-state index in [9.17, 15) is 4.39 Å². The minimum absolute atomic E-state index is 0.260. The van der Waals surface area contributed by atoms with Crippen LogP contribution >= 0.6 is 31.9 Å². The van der Waals surface area contributed by atoms with Crippen LogP contribution in [0.25, 0.3) is 0 Å². The van der Waals surface area contributed by atoms with Gasteiger partial charge in [0.05, 0.1) is 17.3 Å². The smallest absolute Gasteiger partial charge is 0.143 e. The molecule has 0 heterocycles. The monoisotopic (exact) mass is 401 g/mol. The van der Waals surface area contributed by atoms with Crippen molar-refractivity contribution in [2.45, 2.75) is 13.5 Å². The summed E-state index contributed by atoms with van der Waals surface area (Å²) in [7, 11) is 1.63. The number of methoxy groups -OCH3 is 1. The number of hydrogen-bond donors (Lipinski definition) is 1. The standard InChI is InChI=1S/C15H14Br2FNO/c1-9-5-11(16)7-14(20-2)15(9)19-8-10-3-4-12(17)13(18)6-10/h3-7,19H,8H2,1-2H3. The van der Waals surface area contributed by atoms with Crippen molar-refractivity contribution in [3.63, 3.8) is 0 Å². The largest absolute Gasteiger partial charge is 0.495 e. The van der Waals surface area contributed by atoms with Crippen LogP contribution in [0, 0.1) is 12.7 Å². The van der Waals surface area contributed by atoms with Crippen LogP contribution in [-0.4, -0.2) is 7.11 Å². The van der Waals surface area contributed by atoms with Gasteiger partial charge in [0.25, 0.3) is 0 Å². The van der Waals surface area contributed by atoms with Crippen molar-refractivity contribution in [1.29, 1.82) is 0 Å². The van der Waals surface area contributed by atoms with E-state index in [2.05, 4.69) is 37.2 Å². The van der Waals surface area contributed by atoms with Crippen LogP contribution in [0.15, 0.2) is 39.3 Å². The van der Waals surface area contributed by atoms with E-state index >= 15 is 0 Å². The Balaban J connectivity index is 2.20. The van der Waals surface area contributed by atoms with Gasteiger partial charge in [0.15, 0.2) is 0 Å². The van der Waals surface area contributed by atoms with Crippen LogP contribution in [0.1, 0.15) is 11.1 Å². The zero-order valence-electron chi connectivity index (χ0n) is 11.1. The van der Waals surface area contributed by atoms with Crippen molar-refractivity contribution in [3.8, 4) is 5.75 Å². The highest BCUT2D eigenvalue weighted by Gasteiger charge is 2.08. The summed E-state index contributed by atoms with van der Waals surface area (Å²) in [5.41, 5.74) is 2.85. The molecule has 0 bridgehead atoms. The van der Waals surface area contributed by atoms with E-state index < -0.39 is 0 Å². The molecule has 1 N–H and O–H groups in total. The number of benzene rings is 2. The van der Waals surface area contributed by atoms with Crippen LogP contribution in [0.4, 0.5) is 10.1 Å². The zero-order valence-corrected chi connectivity index (χ0v) is 14.3. The Morgan fingerprint density at radius 1 is 1.20 bits per heavy atom. The van der Waals surface area contributed by atoms with Gasteiger partial charge in [-0.3, -0.25) is 0 Å². The molecule has 0 saturated heterocycles. The average molecular weight is 403 g/mol. The third-order valence-corrected chi connectivity index (χ3v) is 4.04. The molecular weight excluding hydrogens is 389 g/mol. The molecular formula is C15H14Br2FNO. The maximum atomic E-state index is 13.5. The predicted octanol–water partition coefficient (Wildman–Crippen LogP) is 5.28. The van der Waals surface area contributed by atoms with Gasteiger partial charge in [0.1, 0.15) is 11.6 Å². The first-order chi connectivity index (χ1) is 9.51. The van der Waals surface area contributed by atoms with Crippen molar-refractivity contribution in [2.75, 3.05) is 12.4 Å². The lowest BCUT2D eigenvalue weighted by Crippen LogP contribution is -2.03. The maximum absolute atomic E-state index is 13.5. The fourth-order valence-corrected chi connectivity index (χ4v) is 2.74. The van der Waals surface area contributed by atoms with Gasteiger partial charge in [-0.2, -0.15) is 0 Å². The van der Waals surface area contributed by atoms with Crippen molar-refractivity contribution in [1.82, 2.24) is 0 Å². The fourth-order valence-electron chi connectivity index (χ4n) is 1.94. The average Bonchev–Trinajstić information content (AvgIpc) is 2.40. The van der Waals surface area contributed by atoms with Crippen LogP contribution < -0.4 is 10.1 Å². The van der Waals surface area contributed by atoms with Gasteiger partial charge in [0.2, 0.25) is 0 Å². The summed E-state index contributed by atoms with van der Waals surface area (Å²) in [4.78, 5) is 0. The summed E-state index contributed by atoms with van der Waals surface area (Å²) in [5, 5.41) is 3.29. The minimum atomic E-state index is -0.260. The molecule has 0 amide bonds. The first-order valence-electron chi connectivity index (χ1n) is 6.03. The Morgan fingerprint density at radius 2 is 1.95 bits per heavy atom. The topological polar surface area (TPSA) is 21.3 Å². The normalized spacial score (nSPS) is 10.4. The van der Waals surface area contributed by atoms with Gasteiger partial charge < -0.3 is 10.1 Å². The Morgan fingerprint density at radius 3 is 2.60 bits per heavy atom. The second-order valence-corrected chi connectivity index (χ2v) is 6.17. The molecule has 5 heteroatoms. The highest BCUT2D eigenvalue weighted by molar-refractivity contribution is 9.10. The van der Waals surface area contributed by atoms with Gasteiger partial charge in [0, 0.05) is 11.0 Å². The molecule has 0 atom stereocenters. The summed E-state index contributed by atoms with van der Waals surface area (Å²) in [5.74, 6) is 0.498. The maximum Gasteiger partial charge on any atom is 0.143 e. The lowest BCUT2D eigenvalue weighted by molar-refractivity contribution is 0.416. The van der Waals surface area contributed by atoms with E-state index in [1.54, 1.807) is 13.2 Å². The molecule has 0 aliphatic heterocycles. The molecule has 2 aromatic rings. The Kier molecular flexibility index (Phi) is 5.05. The molecule has 0 saturated carbocycles. The van der Waals surface area contributed by atoms with E-state index in [1.165, 1.54) is 6.07 Å². The summed E-state index contributed by atoms with van der Waals surface area (Å²) in [6.45, 7) is 2.53. The van der Waals surface area contributed by atoms with Gasteiger partial charge in [-0.15, -0.1) is 0 Å². The molecule has 0 aliphatic rings.